The fourth-order valence-corrected chi connectivity index (χ4v) is 3.40. The molecule has 4 rings (SSSR count). The number of allylic oxidation sites excluding steroid dienone is 1. The Labute approximate surface area is 167 Å². The molecule has 0 fully saturated rings. The van der Waals surface area contributed by atoms with Gasteiger partial charge in [0, 0.05) is 17.2 Å². The van der Waals surface area contributed by atoms with E-state index in [-0.39, 0.29) is 29.6 Å². The molecule has 1 atom stereocenters. The van der Waals surface area contributed by atoms with E-state index in [2.05, 4.69) is 6.07 Å². The Balaban J connectivity index is 1.75. The molecule has 3 aromatic rings. The van der Waals surface area contributed by atoms with Crippen LogP contribution in [0.5, 0.6) is 17.2 Å². The molecule has 0 saturated carbocycles. The summed E-state index contributed by atoms with van der Waals surface area (Å²) in [5.41, 5.74) is 8.34. The van der Waals surface area contributed by atoms with Crippen LogP contribution >= 0.6 is 0 Å². The highest BCUT2D eigenvalue weighted by molar-refractivity contribution is 5.59. The van der Waals surface area contributed by atoms with Gasteiger partial charge in [0.15, 0.2) is 0 Å². The van der Waals surface area contributed by atoms with Crippen LogP contribution in [0.15, 0.2) is 78.2 Å². The molecule has 0 spiro atoms. The monoisotopic (exact) mass is 388 g/mol. The van der Waals surface area contributed by atoms with Gasteiger partial charge in [-0.3, -0.25) is 0 Å². The fraction of sp³-hybridized carbons (Fsp3) is 0.0870. The maximum absolute atomic E-state index is 13.5. The van der Waals surface area contributed by atoms with Crippen molar-refractivity contribution in [3.8, 4) is 23.3 Å². The minimum atomic E-state index is -0.520. The van der Waals surface area contributed by atoms with E-state index in [1.807, 2.05) is 18.2 Å². The van der Waals surface area contributed by atoms with Crippen molar-refractivity contribution in [2.24, 2.45) is 5.73 Å². The van der Waals surface area contributed by atoms with Gasteiger partial charge in [-0.25, -0.2) is 4.39 Å². The van der Waals surface area contributed by atoms with Crippen molar-refractivity contribution in [2.75, 3.05) is 0 Å². The van der Waals surface area contributed by atoms with Crippen molar-refractivity contribution in [1.29, 1.82) is 5.26 Å². The molecule has 144 valence electrons. The molecule has 1 aliphatic rings. The third-order valence-electron chi connectivity index (χ3n) is 4.72. The second-order valence-corrected chi connectivity index (χ2v) is 6.60. The van der Waals surface area contributed by atoms with Crippen LogP contribution in [0.3, 0.4) is 0 Å². The molecule has 0 bridgehead atoms. The van der Waals surface area contributed by atoms with Crippen LogP contribution in [0.4, 0.5) is 4.39 Å². The zero-order valence-corrected chi connectivity index (χ0v) is 15.3. The first-order chi connectivity index (χ1) is 14.1. The molecule has 0 amide bonds. The largest absolute Gasteiger partial charge is 0.508 e. The minimum absolute atomic E-state index is 0.0180. The lowest BCUT2D eigenvalue weighted by Gasteiger charge is -2.27. The van der Waals surface area contributed by atoms with Gasteiger partial charge in [-0.2, -0.15) is 5.26 Å². The Morgan fingerprint density at radius 2 is 1.90 bits per heavy atom. The van der Waals surface area contributed by atoms with Crippen LogP contribution in [-0.4, -0.2) is 5.11 Å². The van der Waals surface area contributed by atoms with Crippen LogP contribution in [-0.2, 0) is 6.61 Å². The number of hydrogen-bond acceptors (Lipinski definition) is 5. The molecule has 1 heterocycles. The molecular formula is C23H17FN2O3. The number of aromatic hydroxyl groups is 1. The van der Waals surface area contributed by atoms with E-state index in [9.17, 15) is 14.8 Å². The molecule has 0 aliphatic carbocycles. The first-order valence-electron chi connectivity index (χ1n) is 8.93. The predicted molar refractivity (Wildman–Crippen MR) is 105 cm³/mol. The van der Waals surface area contributed by atoms with Gasteiger partial charge in [-0.15, -0.1) is 0 Å². The van der Waals surface area contributed by atoms with Crippen molar-refractivity contribution in [2.45, 2.75) is 12.5 Å². The number of phenolic OH excluding ortho intramolecular Hbond substituents is 1. The Morgan fingerprint density at radius 1 is 1.07 bits per heavy atom. The van der Waals surface area contributed by atoms with E-state index >= 15 is 0 Å². The summed E-state index contributed by atoms with van der Waals surface area (Å²) in [4.78, 5) is 0. The second kappa shape index (κ2) is 7.56. The highest BCUT2D eigenvalue weighted by Crippen LogP contribution is 2.45. The Morgan fingerprint density at radius 3 is 2.69 bits per heavy atom. The lowest BCUT2D eigenvalue weighted by atomic mass is 9.83. The van der Waals surface area contributed by atoms with Gasteiger partial charge in [0.1, 0.15) is 41.3 Å². The summed E-state index contributed by atoms with van der Waals surface area (Å²) in [6.07, 6.45) is 0. The number of halogens is 1. The van der Waals surface area contributed by atoms with Gasteiger partial charge in [-0.1, -0.05) is 36.4 Å². The van der Waals surface area contributed by atoms with E-state index in [4.69, 9.17) is 15.2 Å². The first-order valence-corrected chi connectivity index (χ1v) is 8.93. The van der Waals surface area contributed by atoms with E-state index < -0.39 is 5.92 Å². The summed E-state index contributed by atoms with van der Waals surface area (Å²) in [5.74, 6) is 0.0876. The van der Waals surface area contributed by atoms with Gasteiger partial charge >= 0.3 is 0 Å². The van der Waals surface area contributed by atoms with Crippen molar-refractivity contribution in [1.82, 2.24) is 0 Å². The number of nitrogens with two attached hydrogens (primary N) is 1. The predicted octanol–water partition coefficient (Wildman–Crippen LogP) is 4.33. The maximum atomic E-state index is 13.5. The summed E-state index contributed by atoms with van der Waals surface area (Å²) in [5, 5.41) is 19.5. The van der Waals surface area contributed by atoms with Crippen molar-refractivity contribution >= 4 is 0 Å². The van der Waals surface area contributed by atoms with E-state index in [0.717, 1.165) is 5.56 Å². The Kier molecular flexibility index (Phi) is 4.80. The standard InChI is InChI=1S/C23H17FN2O3/c24-15-5-3-4-14(10-15)13-28-20-7-2-1-6-17(20)22-18-9-8-16(27)11-21(18)29-23(26)19(22)12-25/h1-11,22,27H,13,26H2/t22-/m0/s1. The zero-order chi connectivity index (χ0) is 20.4. The number of rotatable bonds is 4. The quantitative estimate of drug-likeness (QED) is 0.695. The highest BCUT2D eigenvalue weighted by atomic mass is 19.1. The van der Waals surface area contributed by atoms with Gasteiger partial charge in [0.2, 0.25) is 5.88 Å². The highest BCUT2D eigenvalue weighted by Gasteiger charge is 2.32. The molecule has 29 heavy (non-hydrogen) atoms. The smallest absolute Gasteiger partial charge is 0.205 e. The van der Waals surface area contributed by atoms with Crippen molar-refractivity contribution in [3.05, 3.63) is 101 Å². The third-order valence-corrected chi connectivity index (χ3v) is 4.72. The van der Waals surface area contributed by atoms with Gasteiger partial charge in [0.05, 0.1) is 5.92 Å². The minimum Gasteiger partial charge on any atom is -0.508 e. The summed E-state index contributed by atoms with van der Waals surface area (Å²) >= 11 is 0. The van der Waals surface area contributed by atoms with Crippen LogP contribution < -0.4 is 15.2 Å². The zero-order valence-electron chi connectivity index (χ0n) is 15.3. The summed E-state index contributed by atoms with van der Waals surface area (Å²) < 4.78 is 25.0. The van der Waals surface area contributed by atoms with Crippen molar-refractivity contribution in [3.63, 3.8) is 0 Å². The van der Waals surface area contributed by atoms with Gasteiger partial charge < -0.3 is 20.3 Å². The molecule has 0 aromatic heterocycles. The van der Waals surface area contributed by atoms with Gasteiger partial charge in [0.25, 0.3) is 0 Å². The number of nitriles is 1. The number of fused-ring (bicyclic) bond motifs is 1. The summed E-state index contributed by atoms with van der Waals surface area (Å²) in [6.45, 7) is 0.168. The summed E-state index contributed by atoms with van der Waals surface area (Å²) in [6, 6.07) is 20.3. The van der Waals surface area contributed by atoms with Crippen molar-refractivity contribution < 1.29 is 19.0 Å². The normalized spacial score (nSPS) is 15.2. The molecule has 3 N–H and O–H groups in total. The maximum Gasteiger partial charge on any atom is 0.205 e. The number of ether oxygens (including phenoxy) is 2. The van der Waals surface area contributed by atoms with Crippen LogP contribution in [0.2, 0.25) is 0 Å². The van der Waals surface area contributed by atoms with Crippen LogP contribution in [0.1, 0.15) is 22.6 Å². The van der Waals surface area contributed by atoms with E-state index in [1.54, 1.807) is 24.3 Å². The second-order valence-electron chi connectivity index (χ2n) is 6.60. The number of para-hydroxylation sites is 1. The SMILES string of the molecule is N#CC1=C(N)Oc2cc(O)ccc2[C@@H]1c1ccccc1OCc1cccc(F)c1. The average Bonchev–Trinajstić information content (AvgIpc) is 2.71. The van der Waals surface area contributed by atoms with Crippen LogP contribution in [0, 0.1) is 17.1 Å². The lowest BCUT2D eigenvalue weighted by molar-refractivity contribution is 0.301. The number of benzene rings is 3. The van der Waals surface area contributed by atoms with E-state index in [1.165, 1.54) is 24.3 Å². The summed E-state index contributed by atoms with van der Waals surface area (Å²) in [7, 11) is 0. The number of phenols is 1. The molecule has 3 aromatic carbocycles. The molecule has 0 radical (unpaired) electrons. The Bertz CT molecular complexity index is 1150. The number of hydrogen-bond donors (Lipinski definition) is 2. The van der Waals surface area contributed by atoms with E-state index in [0.29, 0.717) is 22.6 Å². The van der Waals surface area contributed by atoms with Crippen LogP contribution in [0.25, 0.3) is 0 Å². The molecule has 1 aliphatic heterocycles. The Hall–Kier alpha value is -3.98. The first kappa shape index (κ1) is 18.4. The lowest BCUT2D eigenvalue weighted by Crippen LogP contribution is -2.21. The average molecular weight is 388 g/mol. The molecule has 5 nitrogen and oxygen atoms in total. The molecule has 0 unspecified atom stereocenters. The topological polar surface area (TPSA) is 88.5 Å². The number of nitrogens with zero attached hydrogens (tertiary/aromatic N) is 1. The fourth-order valence-electron chi connectivity index (χ4n) is 3.40. The van der Waals surface area contributed by atoms with Gasteiger partial charge in [-0.05, 0) is 29.8 Å². The molecule has 6 heteroatoms. The molecular weight excluding hydrogens is 371 g/mol. The third kappa shape index (κ3) is 3.58. The molecule has 0 saturated heterocycles.